The predicted octanol–water partition coefficient (Wildman–Crippen LogP) is 1.73. The zero-order valence-corrected chi connectivity index (χ0v) is 11.6. The van der Waals surface area contributed by atoms with Gasteiger partial charge in [0.2, 0.25) is 0 Å². The second-order valence-corrected chi connectivity index (χ2v) is 4.76. The van der Waals surface area contributed by atoms with Crippen molar-refractivity contribution in [2.24, 2.45) is 0 Å². The van der Waals surface area contributed by atoms with Gasteiger partial charge in [0, 0.05) is 6.07 Å². The number of amides is 1. The molecule has 8 heteroatoms. The minimum absolute atomic E-state index is 0.138. The summed E-state index contributed by atoms with van der Waals surface area (Å²) in [6, 6.07) is 5.92. The Hall–Kier alpha value is -1.86. The normalized spacial score (nSPS) is 10.2. The molecule has 2 aromatic rings. The van der Waals surface area contributed by atoms with E-state index in [9.17, 15) is 14.4 Å². The summed E-state index contributed by atoms with van der Waals surface area (Å²) in [4.78, 5) is 38.3. The van der Waals surface area contributed by atoms with Crippen molar-refractivity contribution >= 4 is 39.1 Å². The van der Waals surface area contributed by atoms with E-state index in [4.69, 9.17) is 11.6 Å². The van der Waals surface area contributed by atoms with Gasteiger partial charge in [0.1, 0.15) is 5.69 Å². The third-order valence-electron chi connectivity index (χ3n) is 2.20. The number of hydrogen-bond donors (Lipinski definition) is 3. The highest BCUT2D eigenvalue weighted by Gasteiger charge is 2.11. The lowest BCUT2D eigenvalue weighted by molar-refractivity contribution is 0.102. The summed E-state index contributed by atoms with van der Waals surface area (Å²) in [7, 11) is 0. The Morgan fingerprint density at radius 3 is 2.68 bits per heavy atom. The molecule has 0 aliphatic rings. The fourth-order valence-corrected chi connectivity index (χ4v) is 1.92. The first-order chi connectivity index (χ1) is 8.97. The van der Waals surface area contributed by atoms with Crippen LogP contribution in [0.25, 0.3) is 0 Å². The maximum atomic E-state index is 11.9. The lowest BCUT2D eigenvalue weighted by atomic mass is 10.3. The molecule has 2 rings (SSSR count). The third-order valence-corrected chi connectivity index (χ3v) is 3.60. The topological polar surface area (TPSA) is 94.8 Å². The first-order valence-corrected chi connectivity index (χ1v) is 6.23. The highest BCUT2D eigenvalue weighted by atomic mass is 79.9. The molecule has 1 heterocycles. The number of nitrogens with one attached hydrogen (secondary N) is 3. The van der Waals surface area contributed by atoms with Gasteiger partial charge in [-0.05, 0) is 28.1 Å². The Balaban J connectivity index is 2.33. The average molecular weight is 345 g/mol. The van der Waals surface area contributed by atoms with E-state index in [1.807, 2.05) is 4.98 Å². The van der Waals surface area contributed by atoms with Gasteiger partial charge in [0.15, 0.2) is 0 Å². The van der Waals surface area contributed by atoms with Gasteiger partial charge in [-0.2, -0.15) is 0 Å². The Morgan fingerprint density at radius 2 is 2.00 bits per heavy atom. The SMILES string of the molecule is O=C(Nc1cccc(Cl)c1Br)c1cc(=O)[nH]c(=O)[nH]1. The maximum absolute atomic E-state index is 11.9. The molecule has 98 valence electrons. The highest BCUT2D eigenvalue weighted by molar-refractivity contribution is 9.10. The van der Waals surface area contributed by atoms with Crippen molar-refractivity contribution in [2.45, 2.75) is 0 Å². The molecular weight excluding hydrogens is 337 g/mol. The summed E-state index contributed by atoms with van der Waals surface area (Å²) < 4.78 is 0.511. The second-order valence-electron chi connectivity index (χ2n) is 3.56. The number of halogens is 2. The fraction of sp³-hybridized carbons (Fsp3) is 0. The van der Waals surface area contributed by atoms with Gasteiger partial charge in [-0.3, -0.25) is 14.6 Å². The van der Waals surface area contributed by atoms with E-state index >= 15 is 0 Å². The van der Waals surface area contributed by atoms with E-state index in [0.717, 1.165) is 6.07 Å². The molecule has 0 bridgehead atoms. The van der Waals surface area contributed by atoms with Gasteiger partial charge in [-0.25, -0.2) is 4.79 Å². The molecule has 1 aromatic carbocycles. The van der Waals surface area contributed by atoms with Crippen molar-refractivity contribution in [2.75, 3.05) is 5.32 Å². The first-order valence-electron chi connectivity index (χ1n) is 5.06. The van der Waals surface area contributed by atoms with Gasteiger partial charge in [0.25, 0.3) is 11.5 Å². The summed E-state index contributed by atoms with van der Waals surface area (Å²) in [6.45, 7) is 0. The van der Waals surface area contributed by atoms with Crippen molar-refractivity contribution in [3.05, 3.63) is 60.3 Å². The van der Waals surface area contributed by atoms with Crippen LogP contribution >= 0.6 is 27.5 Å². The van der Waals surface area contributed by atoms with Crippen molar-refractivity contribution in [3.8, 4) is 0 Å². The number of rotatable bonds is 2. The highest BCUT2D eigenvalue weighted by Crippen LogP contribution is 2.30. The second kappa shape index (κ2) is 5.41. The van der Waals surface area contributed by atoms with E-state index < -0.39 is 17.2 Å². The molecule has 1 aromatic heterocycles. The smallest absolute Gasteiger partial charge is 0.320 e. The molecule has 0 unspecified atom stereocenters. The fourth-order valence-electron chi connectivity index (χ4n) is 1.38. The number of aromatic amines is 2. The summed E-state index contributed by atoms with van der Waals surface area (Å²) in [6.07, 6.45) is 0. The molecule has 0 atom stereocenters. The Bertz CT molecular complexity index is 725. The molecule has 0 radical (unpaired) electrons. The van der Waals surface area contributed by atoms with Gasteiger partial charge in [0.05, 0.1) is 15.2 Å². The van der Waals surface area contributed by atoms with E-state index in [1.165, 1.54) is 0 Å². The molecule has 0 spiro atoms. The number of aromatic nitrogens is 2. The number of anilines is 1. The molecule has 0 saturated carbocycles. The van der Waals surface area contributed by atoms with Crippen LogP contribution in [0, 0.1) is 0 Å². The van der Waals surface area contributed by atoms with Gasteiger partial charge in [-0.1, -0.05) is 17.7 Å². The van der Waals surface area contributed by atoms with E-state index in [2.05, 4.69) is 26.2 Å². The number of carbonyl (C=O) groups is 1. The van der Waals surface area contributed by atoms with Crippen LogP contribution in [0.2, 0.25) is 5.02 Å². The van der Waals surface area contributed by atoms with Crippen molar-refractivity contribution in [3.63, 3.8) is 0 Å². The summed E-state index contributed by atoms with van der Waals surface area (Å²) in [5.74, 6) is -0.619. The summed E-state index contributed by atoms with van der Waals surface area (Å²) in [5.41, 5.74) is -1.11. The quantitative estimate of drug-likeness (QED) is 0.774. The molecule has 19 heavy (non-hydrogen) atoms. The molecule has 0 saturated heterocycles. The number of benzene rings is 1. The van der Waals surface area contributed by atoms with Crippen molar-refractivity contribution in [1.29, 1.82) is 0 Å². The van der Waals surface area contributed by atoms with Crippen LogP contribution in [0.15, 0.2) is 38.3 Å². The van der Waals surface area contributed by atoms with E-state index in [-0.39, 0.29) is 5.69 Å². The van der Waals surface area contributed by atoms with Gasteiger partial charge < -0.3 is 10.3 Å². The zero-order valence-electron chi connectivity index (χ0n) is 9.29. The van der Waals surface area contributed by atoms with E-state index in [0.29, 0.717) is 15.2 Å². The Kier molecular flexibility index (Phi) is 3.87. The lowest BCUT2D eigenvalue weighted by Crippen LogP contribution is -2.27. The van der Waals surface area contributed by atoms with Crippen LogP contribution in [-0.2, 0) is 0 Å². The van der Waals surface area contributed by atoms with E-state index in [1.54, 1.807) is 18.2 Å². The van der Waals surface area contributed by atoms with Crippen LogP contribution in [-0.4, -0.2) is 15.9 Å². The van der Waals surface area contributed by atoms with Gasteiger partial charge >= 0.3 is 5.69 Å². The van der Waals surface area contributed by atoms with Crippen molar-refractivity contribution < 1.29 is 4.79 Å². The standard InChI is InChI=1S/C11H7BrClN3O3/c12-9-5(13)2-1-3-6(9)14-10(18)7-4-8(17)16-11(19)15-7/h1-4H,(H,14,18)(H2,15,16,17,19). The Morgan fingerprint density at radius 1 is 1.26 bits per heavy atom. The average Bonchev–Trinajstić information content (AvgIpc) is 2.33. The van der Waals surface area contributed by atoms with Crippen LogP contribution in [0.3, 0.4) is 0 Å². The number of hydrogen-bond acceptors (Lipinski definition) is 3. The molecule has 1 amide bonds. The molecular formula is C11H7BrClN3O3. The summed E-state index contributed by atoms with van der Waals surface area (Å²) in [5, 5.41) is 2.96. The molecule has 6 nitrogen and oxygen atoms in total. The summed E-state index contributed by atoms with van der Waals surface area (Å²) >= 11 is 9.11. The third kappa shape index (κ3) is 3.12. The van der Waals surface area contributed by atoms with Crippen molar-refractivity contribution in [1.82, 2.24) is 9.97 Å². The largest absolute Gasteiger partial charge is 0.326 e. The van der Waals surface area contributed by atoms with Crippen LogP contribution in [0.1, 0.15) is 10.5 Å². The molecule has 0 fully saturated rings. The monoisotopic (exact) mass is 343 g/mol. The minimum Gasteiger partial charge on any atom is -0.320 e. The minimum atomic E-state index is -0.747. The first kappa shape index (κ1) is 13.6. The number of carbonyl (C=O) groups excluding carboxylic acids is 1. The van der Waals surface area contributed by atoms with Crippen LogP contribution < -0.4 is 16.6 Å². The van der Waals surface area contributed by atoms with Gasteiger partial charge in [-0.15, -0.1) is 0 Å². The number of H-pyrrole nitrogens is 2. The van der Waals surface area contributed by atoms with Crippen LogP contribution in [0.4, 0.5) is 5.69 Å². The molecule has 3 N–H and O–H groups in total. The zero-order chi connectivity index (χ0) is 14.0. The molecule has 0 aliphatic heterocycles. The maximum Gasteiger partial charge on any atom is 0.326 e. The Labute approximate surface area is 119 Å². The molecule has 0 aliphatic carbocycles. The predicted molar refractivity (Wildman–Crippen MR) is 74.8 cm³/mol. The van der Waals surface area contributed by atoms with Crippen LogP contribution in [0.5, 0.6) is 0 Å². The lowest BCUT2D eigenvalue weighted by Gasteiger charge is -2.07.